The van der Waals surface area contributed by atoms with Crippen molar-refractivity contribution in [3.8, 4) is 5.75 Å². The molecule has 6 heteroatoms. The van der Waals surface area contributed by atoms with Crippen LogP contribution in [0.4, 0.5) is 15.8 Å². The number of carbonyl (C=O) groups is 2. The van der Waals surface area contributed by atoms with Crippen molar-refractivity contribution in [2.24, 2.45) is 0 Å². The van der Waals surface area contributed by atoms with Gasteiger partial charge >= 0.3 is 0 Å². The molecule has 0 saturated carbocycles. The van der Waals surface area contributed by atoms with Gasteiger partial charge in [0.05, 0.1) is 18.4 Å². The molecule has 0 radical (unpaired) electrons. The molecule has 30 heavy (non-hydrogen) atoms. The third-order valence-corrected chi connectivity index (χ3v) is 4.95. The van der Waals surface area contributed by atoms with Crippen LogP contribution in [0, 0.1) is 12.7 Å². The summed E-state index contributed by atoms with van der Waals surface area (Å²) < 4.78 is 18.8. The third-order valence-electron chi connectivity index (χ3n) is 4.95. The van der Waals surface area contributed by atoms with Gasteiger partial charge in [-0.1, -0.05) is 42.5 Å². The lowest BCUT2D eigenvalue weighted by Gasteiger charge is -2.18. The Hall–Kier alpha value is -3.93. The highest BCUT2D eigenvalue weighted by molar-refractivity contribution is 6.46. The van der Waals surface area contributed by atoms with Gasteiger partial charge in [0.1, 0.15) is 17.3 Å². The van der Waals surface area contributed by atoms with Gasteiger partial charge in [0.25, 0.3) is 11.8 Å². The molecule has 0 saturated heterocycles. The molecular formula is C24H19FN2O3. The monoisotopic (exact) mass is 402 g/mol. The fourth-order valence-corrected chi connectivity index (χ4v) is 3.41. The highest BCUT2D eigenvalue weighted by Crippen LogP contribution is 2.37. The molecule has 0 spiro atoms. The zero-order valence-electron chi connectivity index (χ0n) is 16.5. The Balaban J connectivity index is 1.86. The second-order valence-electron chi connectivity index (χ2n) is 6.81. The molecule has 1 aliphatic heterocycles. The molecule has 0 aromatic heterocycles. The third kappa shape index (κ3) is 3.33. The summed E-state index contributed by atoms with van der Waals surface area (Å²) in [5, 5.41) is 3.12. The van der Waals surface area contributed by atoms with Gasteiger partial charge in [-0.15, -0.1) is 0 Å². The van der Waals surface area contributed by atoms with E-state index in [-0.39, 0.29) is 11.3 Å². The number of aryl methyl sites for hydroxylation is 1. The number of hydrogen-bond acceptors (Lipinski definition) is 4. The van der Waals surface area contributed by atoms with E-state index in [0.29, 0.717) is 22.7 Å². The molecule has 0 aliphatic carbocycles. The average molecular weight is 402 g/mol. The van der Waals surface area contributed by atoms with Gasteiger partial charge in [-0.05, 0) is 48.4 Å². The molecule has 0 unspecified atom stereocenters. The van der Waals surface area contributed by atoms with Crippen molar-refractivity contribution >= 4 is 28.8 Å². The van der Waals surface area contributed by atoms with E-state index in [4.69, 9.17) is 4.74 Å². The van der Waals surface area contributed by atoms with E-state index in [1.54, 1.807) is 24.3 Å². The molecule has 3 aromatic carbocycles. The number of nitrogens with zero attached hydrogens (tertiary/aromatic N) is 1. The SMILES string of the molecule is COc1ccccc1N1C(=O)C(Nc2ccccc2C)=C(c2ccc(F)cc2)C1=O. The van der Waals surface area contributed by atoms with Crippen LogP contribution in [0.25, 0.3) is 5.57 Å². The van der Waals surface area contributed by atoms with Crippen molar-refractivity contribution in [1.82, 2.24) is 0 Å². The summed E-state index contributed by atoms with van der Waals surface area (Å²) in [6, 6.07) is 19.8. The van der Waals surface area contributed by atoms with Crippen LogP contribution in [0.5, 0.6) is 5.75 Å². The molecular weight excluding hydrogens is 383 g/mol. The van der Waals surface area contributed by atoms with Crippen LogP contribution in [0.1, 0.15) is 11.1 Å². The summed E-state index contributed by atoms with van der Waals surface area (Å²) in [5.74, 6) is -1.04. The molecule has 2 amide bonds. The van der Waals surface area contributed by atoms with Crippen LogP contribution < -0.4 is 15.0 Å². The van der Waals surface area contributed by atoms with Crippen LogP contribution in [-0.4, -0.2) is 18.9 Å². The minimum absolute atomic E-state index is 0.131. The van der Waals surface area contributed by atoms with Crippen LogP contribution in [0.2, 0.25) is 0 Å². The van der Waals surface area contributed by atoms with Crippen LogP contribution in [0.3, 0.4) is 0 Å². The van der Waals surface area contributed by atoms with Gasteiger partial charge in [0.2, 0.25) is 0 Å². The number of anilines is 2. The summed E-state index contributed by atoms with van der Waals surface area (Å²) in [6.07, 6.45) is 0. The number of hydrogen-bond donors (Lipinski definition) is 1. The largest absolute Gasteiger partial charge is 0.495 e. The Bertz CT molecular complexity index is 1170. The first-order valence-corrected chi connectivity index (χ1v) is 9.36. The first kappa shape index (κ1) is 19.4. The predicted molar refractivity (Wildman–Crippen MR) is 114 cm³/mol. The van der Waals surface area contributed by atoms with Gasteiger partial charge in [-0.2, -0.15) is 0 Å². The second kappa shape index (κ2) is 7.83. The Morgan fingerprint density at radius 3 is 2.23 bits per heavy atom. The van der Waals surface area contributed by atoms with E-state index >= 15 is 0 Å². The van der Waals surface area contributed by atoms with Crippen LogP contribution in [-0.2, 0) is 9.59 Å². The first-order chi connectivity index (χ1) is 14.5. The number of halogens is 1. The van der Waals surface area contributed by atoms with E-state index in [9.17, 15) is 14.0 Å². The number of rotatable bonds is 5. The molecule has 4 rings (SSSR count). The summed E-state index contributed by atoms with van der Waals surface area (Å²) in [7, 11) is 1.48. The standard InChI is InChI=1S/C24H19FN2O3/c1-15-7-3-4-8-18(15)26-22-21(16-11-13-17(25)14-12-16)23(28)27(24(22)29)19-9-5-6-10-20(19)30-2/h3-14,26H,1-2H3. The van der Waals surface area contributed by atoms with Crippen molar-refractivity contribution in [2.45, 2.75) is 6.92 Å². The fourth-order valence-electron chi connectivity index (χ4n) is 3.41. The lowest BCUT2D eigenvalue weighted by Crippen LogP contribution is -2.32. The quantitative estimate of drug-likeness (QED) is 0.637. The number of carbonyl (C=O) groups excluding carboxylic acids is 2. The molecule has 1 aliphatic rings. The summed E-state index contributed by atoms with van der Waals surface area (Å²) >= 11 is 0. The second-order valence-corrected chi connectivity index (χ2v) is 6.81. The molecule has 0 bridgehead atoms. The Morgan fingerprint density at radius 2 is 1.53 bits per heavy atom. The van der Waals surface area contributed by atoms with Gasteiger partial charge < -0.3 is 10.1 Å². The molecule has 1 N–H and O–H groups in total. The maximum Gasteiger partial charge on any atom is 0.282 e. The summed E-state index contributed by atoms with van der Waals surface area (Å²) in [4.78, 5) is 27.9. The van der Waals surface area contributed by atoms with E-state index in [2.05, 4.69) is 5.32 Å². The lowest BCUT2D eigenvalue weighted by molar-refractivity contribution is -0.120. The molecule has 5 nitrogen and oxygen atoms in total. The minimum Gasteiger partial charge on any atom is -0.495 e. The van der Waals surface area contributed by atoms with E-state index < -0.39 is 17.6 Å². The van der Waals surface area contributed by atoms with Gasteiger partial charge in [-0.3, -0.25) is 9.59 Å². The summed E-state index contributed by atoms with van der Waals surface area (Å²) in [5.41, 5.74) is 2.72. The highest BCUT2D eigenvalue weighted by Gasteiger charge is 2.41. The molecule has 150 valence electrons. The fraction of sp³-hybridized carbons (Fsp3) is 0.0833. The Labute approximate surface area is 173 Å². The molecule has 1 heterocycles. The number of ether oxygens (including phenoxy) is 1. The maximum absolute atomic E-state index is 13.5. The zero-order chi connectivity index (χ0) is 21.3. The number of para-hydroxylation sites is 3. The number of amides is 2. The Morgan fingerprint density at radius 1 is 0.867 bits per heavy atom. The zero-order valence-corrected chi connectivity index (χ0v) is 16.5. The van der Waals surface area contributed by atoms with Crippen molar-refractivity contribution in [3.63, 3.8) is 0 Å². The van der Waals surface area contributed by atoms with Crippen molar-refractivity contribution < 1.29 is 18.7 Å². The maximum atomic E-state index is 13.5. The normalized spacial score (nSPS) is 13.8. The van der Waals surface area contributed by atoms with Crippen molar-refractivity contribution in [1.29, 1.82) is 0 Å². The smallest absolute Gasteiger partial charge is 0.282 e. The number of methoxy groups -OCH3 is 1. The minimum atomic E-state index is -0.507. The average Bonchev–Trinajstić information content (AvgIpc) is 3.00. The molecule has 3 aromatic rings. The molecule has 0 fully saturated rings. The van der Waals surface area contributed by atoms with Crippen LogP contribution >= 0.6 is 0 Å². The molecule has 0 atom stereocenters. The van der Waals surface area contributed by atoms with E-state index in [0.717, 1.165) is 10.5 Å². The number of imide groups is 1. The van der Waals surface area contributed by atoms with Crippen molar-refractivity contribution in [3.05, 3.63) is 95.4 Å². The predicted octanol–water partition coefficient (Wildman–Crippen LogP) is 4.54. The van der Waals surface area contributed by atoms with E-state index in [1.165, 1.54) is 31.4 Å². The van der Waals surface area contributed by atoms with Crippen LogP contribution in [0.15, 0.2) is 78.5 Å². The first-order valence-electron chi connectivity index (χ1n) is 9.36. The topological polar surface area (TPSA) is 58.6 Å². The number of nitrogens with one attached hydrogen (secondary N) is 1. The lowest BCUT2D eigenvalue weighted by atomic mass is 10.0. The van der Waals surface area contributed by atoms with Gasteiger partial charge in [0.15, 0.2) is 0 Å². The van der Waals surface area contributed by atoms with Gasteiger partial charge in [0, 0.05) is 5.69 Å². The van der Waals surface area contributed by atoms with E-state index in [1.807, 2.05) is 31.2 Å². The van der Waals surface area contributed by atoms with Gasteiger partial charge in [-0.25, -0.2) is 9.29 Å². The Kier molecular flexibility index (Phi) is 5.06. The highest BCUT2D eigenvalue weighted by atomic mass is 19.1. The number of benzene rings is 3. The summed E-state index contributed by atoms with van der Waals surface area (Å²) in [6.45, 7) is 1.90. The van der Waals surface area contributed by atoms with Crippen molar-refractivity contribution in [2.75, 3.05) is 17.3 Å².